The average Bonchev–Trinajstić information content (AvgIpc) is 2.65. The molecule has 19 heavy (non-hydrogen) atoms. The number of hydrogen-bond acceptors (Lipinski definition) is 2. The van der Waals surface area contributed by atoms with Gasteiger partial charge in [-0.25, -0.2) is 0 Å². The molecule has 0 bridgehead atoms. The zero-order valence-corrected chi connectivity index (χ0v) is 10.5. The molecule has 2 rings (SSSR count). The van der Waals surface area contributed by atoms with Crippen LogP contribution in [-0.2, 0) is 13.0 Å². The molecule has 0 aliphatic carbocycles. The second-order valence-electron chi connectivity index (χ2n) is 4.46. The van der Waals surface area contributed by atoms with E-state index in [-0.39, 0.29) is 6.42 Å². The fourth-order valence-corrected chi connectivity index (χ4v) is 2.15. The molecule has 1 N–H and O–H groups in total. The first kappa shape index (κ1) is 13.9. The molecule has 0 saturated carbocycles. The predicted molar refractivity (Wildman–Crippen MR) is 65.8 cm³/mol. The van der Waals surface area contributed by atoms with Crippen LogP contribution in [0, 0.1) is 0 Å². The van der Waals surface area contributed by atoms with Crippen LogP contribution in [0.15, 0.2) is 24.3 Å². The monoisotopic (exact) mass is 272 g/mol. The summed E-state index contributed by atoms with van der Waals surface area (Å²) < 4.78 is 38.4. The van der Waals surface area contributed by atoms with E-state index < -0.39 is 18.7 Å². The van der Waals surface area contributed by atoms with Crippen LogP contribution < -0.4 is 0 Å². The molecule has 0 radical (unpaired) electrons. The number of benzene rings is 1. The number of nitrogens with zero attached hydrogens (tertiary/aromatic N) is 2. The molecule has 1 unspecified atom stereocenters. The number of aryl methyl sites for hydroxylation is 1. The van der Waals surface area contributed by atoms with Crippen molar-refractivity contribution in [2.45, 2.75) is 38.6 Å². The van der Waals surface area contributed by atoms with Crippen LogP contribution in [0.3, 0.4) is 0 Å². The van der Waals surface area contributed by atoms with Crippen molar-refractivity contribution >= 4 is 10.9 Å². The Morgan fingerprint density at radius 3 is 2.63 bits per heavy atom. The third-order valence-electron chi connectivity index (χ3n) is 2.93. The highest BCUT2D eigenvalue weighted by Crippen LogP contribution is 2.25. The summed E-state index contributed by atoms with van der Waals surface area (Å²) in [6, 6.07) is 7.34. The van der Waals surface area contributed by atoms with Gasteiger partial charge < -0.3 is 5.11 Å². The highest BCUT2D eigenvalue weighted by molar-refractivity contribution is 5.81. The Morgan fingerprint density at radius 1 is 1.32 bits per heavy atom. The minimum Gasteiger partial charge on any atom is -0.392 e. The van der Waals surface area contributed by atoms with Gasteiger partial charge in [-0.15, -0.1) is 0 Å². The van der Waals surface area contributed by atoms with E-state index in [1.165, 1.54) is 0 Å². The van der Waals surface area contributed by atoms with Gasteiger partial charge in [-0.05, 0) is 13.0 Å². The van der Waals surface area contributed by atoms with Gasteiger partial charge in [0.05, 0.1) is 23.7 Å². The Kier molecular flexibility index (Phi) is 3.80. The van der Waals surface area contributed by atoms with Crippen molar-refractivity contribution in [3.8, 4) is 0 Å². The molecular weight excluding hydrogens is 257 g/mol. The minimum atomic E-state index is -4.36. The maximum absolute atomic E-state index is 12.2. The molecule has 0 amide bonds. The molecule has 0 saturated heterocycles. The highest BCUT2D eigenvalue weighted by Gasteiger charge is 2.31. The van der Waals surface area contributed by atoms with E-state index in [0.717, 1.165) is 10.9 Å². The second-order valence-corrected chi connectivity index (χ2v) is 4.46. The van der Waals surface area contributed by atoms with E-state index in [2.05, 4.69) is 5.10 Å². The molecule has 6 heteroatoms. The average molecular weight is 272 g/mol. The summed E-state index contributed by atoms with van der Waals surface area (Å²) in [4.78, 5) is 0. The fraction of sp³-hybridized carbons (Fsp3) is 0.462. The molecule has 0 aliphatic rings. The van der Waals surface area contributed by atoms with Crippen LogP contribution in [0.25, 0.3) is 10.9 Å². The van der Waals surface area contributed by atoms with E-state index in [9.17, 15) is 18.3 Å². The van der Waals surface area contributed by atoms with Gasteiger partial charge in [0.2, 0.25) is 0 Å². The molecule has 2 aromatic rings. The summed E-state index contributed by atoms with van der Waals surface area (Å²) in [6.07, 6.45) is -7.11. The van der Waals surface area contributed by atoms with Crippen LogP contribution in [0.1, 0.15) is 19.0 Å². The van der Waals surface area contributed by atoms with Gasteiger partial charge in [0.1, 0.15) is 0 Å². The summed E-state index contributed by atoms with van der Waals surface area (Å²) in [5.41, 5.74) is 1.38. The first-order valence-corrected chi connectivity index (χ1v) is 6.10. The lowest BCUT2D eigenvalue weighted by Crippen LogP contribution is -2.21. The third kappa shape index (κ3) is 3.26. The van der Waals surface area contributed by atoms with Crippen LogP contribution in [0.4, 0.5) is 13.2 Å². The van der Waals surface area contributed by atoms with E-state index in [1.807, 2.05) is 31.2 Å². The number of aliphatic hydroxyl groups is 1. The predicted octanol–water partition coefficient (Wildman–Crippen LogP) is 2.91. The summed E-state index contributed by atoms with van der Waals surface area (Å²) in [6.45, 7) is 2.55. The highest BCUT2D eigenvalue weighted by atomic mass is 19.4. The van der Waals surface area contributed by atoms with Crippen molar-refractivity contribution < 1.29 is 18.3 Å². The van der Waals surface area contributed by atoms with E-state index in [1.54, 1.807) is 4.68 Å². The minimum absolute atomic E-state index is 0.0903. The van der Waals surface area contributed by atoms with E-state index in [0.29, 0.717) is 12.2 Å². The largest absolute Gasteiger partial charge is 0.392 e. The molecule has 0 spiro atoms. The van der Waals surface area contributed by atoms with Crippen LogP contribution in [0.2, 0.25) is 0 Å². The summed E-state index contributed by atoms with van der Waals surface area (Å²) in [5, 5.41) is 14.6. The second kappa shape index (κ2) is 5.21. The topological polar surface area (TPSA) is 38.0 Å². The number of aromatic nitrogens is 2. The maximum atomic E-state index is 12.2. The quantitative estimate of drug-likeness (QED) is 0.929. The first-order chi connectivity index (χ1) is 8.90. The van der Waals surface area contributed by atoms with Crippen LogP contribution in [0.5, 0.6) is 0 Å². The van der Waals surface area contributed by atoms with Crippen LogP contribution in [-0.4, -0.2) is 27.2 Å². The number of rotatable bonds is 4. The van der Waals surface area contributed by atoms with Crippen molar-refractivity contribution in [1.82, 2.24) is 9.78 Å². The molecule has 1 aromatic heterocycles. The van der Waals surface area contributed by atoms with Gasteiger partial charge >= 0.3 is 6.18 Å². The van der Waals surface area contributed by atoms with Gasteiger partial charge in [0, 0.05) is 18.4 Å². The van der Waals surface area contributed by atoms with Crippen molar-refractivity contribution in [2.24, 2.45) is 0 Å². The van der Waals surface area contributed by atoms with Gasteiger partial charge in [-0.3, -0.25) is 4.68 Å². The standard InChI is InChI=1S/C13H15F3N2O/c1-2-18-12-6-4-3-5-10(12)11(17-18)7-9(19)8-13(14,15)16/h3-6,9,19H,2,7-8H2,1H3. The van der Waals surface area contributed by atoms with Crippen molar-refractivity contribution in [1.29, 1.82) is 0 Å². The van der Waals surface area contributed by atoms with Crippen molar-refractivity contribution in [3.63, 3.8) is 0 Å². The zero-order valence-electron chi connectivity index (χ0n) is 10.5. The summed E-state index contributed by atoms with van der Waals surface area (Å²) >= 11 is 0. The number of aliphatic hydroxyl groups excluding tert-OH is 1. The Labute approximate surface area is 108 Å². The first-order valence-electron chi connectivity index (χ1n) is 6.10. The molecule has 3 nitrogen and oxygen atoms in total. The molecule has 0 fully saturated rings. The van der Waals surface area contributed by atoms with E-state index in [4.69, 9.17) is 0 Å². The fourth-order valence-electron chi connectivity index (χ4n) is 2.15. The Morgan fingerprint density at radius 2 is 2.00 bits per heavy atom. The molecular formula is C13H15F3N2O. The number of alkyl halides is 3. The lowest BCUT2D eigenvalue weighted by molar-refractivity contribution is -0.153. The molecule has 1 atom stereocenters. The maximum Gasteiger partial charge on any atom is 0.391 e. The third-order valence-corrected chi connectivity index (χ3v) is 2.93. The van der Waals surface area contributed by atoms with Gasteiger partial charge in [0.15, 0.2) is 0 Å². The van der Waals surface area contributed by atoms with Gasteiger partial charge in [0.25, 0.3) is 0 Å². The smallest absolute Gasteiger partial charge is 0.391 e. The number of para-hydroxylation sites is 1. The Balaban J connectivity index is 2.26. The summed E-state index contributed by atoms with van der Waals surface area (Å²) in [5.74, 6) is 0. The molecule has 1 aromatic carbocycles. The van der Waals surface area contributed by atoms with Crippen LogP contribution >= 0.6 is 0 Å². The number of hydrogen-bond donors (Lipinski definition) is 1. The lowest BCUT2D eigenvalue weighted by atomic mass is 10.1. The Hall–Kier alpha value is -1.56. The van der Waals surface area contributed by atoms with E-state index >= 15 is 0 Å². The number of fused-ring (bicyclic) bond motifs is 1. The SMILES string of the molecule is CCn1nc(CC(O)CC(F)(F)F)c2ccccc21. The molecule has 0 aliphatic heterocycles. The Bertz CT molecular complexity index is 563. The van der Waals surface area contributed by atoms with Crippen molar-refractivity contribution in [3.05, 3.63) is 30.0 Å². The van der Waals surface area contributed by atoms with Crippen molar-refractivity contribution in [2.75, 3.05) is 0 Å². The summed E-state index contributed by atoms with van der Waals surface area (Å²) in [7, 11) is 0. The normalized spacial score (nSPS) is 13.9. The number of halogens is 3. The zero-order chi connectivity index (χ0) is 14.0. The van der Waals surface area contributed by atoms with Gasteiger partial charge in [-0.1, -0.05) is 18.2 Å². The lowest BCUT2D eigenvalue weighted by Gasteiger charge is -2.11. The van der Waals surface area contributed by atoms with Gasteiger partial charge in [-0.2, -0.15) is 18.3 Å². The molecule has 1 heterocycles. The molecule has 104 valence electrons.